The van der Waals surface area contributed by atoms with Gasteiger partial charge in [0.05, 0.1) is 6.61 Å². The molecule has 0 heterocycles. The average Bonchev–Trinajstić information content (AvgIpc) is 2.34. The minimum absolute atomic E-state index is 0.00694. The molecule has 0 atom stereocenters. The number of nitrogens with two attached hydrogens (primary N) is 1. The maximum absolute atomic E-state index is 12.2. The molecule has 4 nitrogen and oxygen atoms in total. The van der Waals surface area contributed by atoms with Gasteiger partial charge in [0.15, 0.2) is 0 Å². The lowest BCUT2D eigenvalue weighted by Gasteiger charge is -2.21. The molecule has 1 amide bonds. The van der Waals surface area contributed by atoms with Crippen LogP contribution in [0, 0.1) is 6.92 Å². The number of amides is 1. The van der Waals surface area contributed by atoms with Crippen LogP contribution in [0.5, 0.6) is 0 Å². The molecule has 4 heteroatoms. The van der Waals surface area contributed by atoms with Crippen LogP contribution in [0.2, 0.25) is 0 Å². The van der Waals surface area contributed by atoms with Crippen molar-refractivity contribution in [2.24, 2.45) is 5.73 Å². The highest BCUT2D eigenvalue weighted by Crippen LogP contribution is 2.06. The molecule has 0 aliphatic carbocycles. The van der Waals surface area contributed by atoms with Crippen molar-refractivity contribution in [2.75, 3.05) is 33.4 Å². The lowest BCUT2D eigenvalue weighted by molar-refractivity contribution is 0.0701. The highest BCUT2D eigenvalue weighted by Gasteiger charge is 2.14. The van der Waals surface area contributed by atoms with E-state index in [1.165, 1.54) is 0 Å². The summed E-state index contributed by atoms with van der Waals surface area (Å²) in [4.78, 5) is 13.9. The molecule has 0 aromatic heterocycles. The molecular formula is C13H20N2O2. The van der Waals surface area contributed by atoms with E-state index < -0.39 is 0 Å². The first-order chi connectivity index (χ1) is 8.19. The van der Waals surface area contributed by atoms with E-state index in [0.717, 1.165) is 5.56 Å². The first-order valence-corrected chi connectivity index (χ1v) is 5.74. The van der Waals surface area contributed by atoms with Gasteiger partial charge in [-0.1, -0.05) is 17.7 Å². The van der Waals surface area contributed by atoms with Crippen LogP contribution >= 0.6 is 0 Å². The smallest absolute Gasteiger partial charge is 0.253 e. The van der Waals surface area contributed by atoms with Crippen LogP contribution in [0.4, 0.5) is 0 Å². The minimum atomic E-state index is 0.00694. The van der Waals surface area contributed by atoms with Crippen molar-refractivity contribution < 1.29 is 9.53 Å². The van der Waals surface area contributed by atoms with Crippen LogP contribution in [0.15, 0.2) is 24.3 Å². The van der Waals surface area contributed by atoms with Crippen molar-refractivity contribution in [3.05, 3.63) is 35.4 Å². The number of ether oxygens (including phenoxy) is 1. The van der Waals surface area contributed by atoms with Crippen LogP contribution in [0.25, 0.3) is 0 Å². The summed E-state index contributed by atoms with van der Waals surface area (Å²) in [7, 11) is 1.62. The van der Waals surface area contributed by atoms with Gasteiger partial charge in [-0.05, 0) is 19.1 Å². The second kappa shape index (κ2) is 7.04. The minimum Gasteiger partial charge on any atom is -0.383 e. The van der Waals surface area contributed by atoms with Gasteiger partial charge in [0, 0.05) is 32.3 Å². The number of rotatable bonds is 6. The van der Waals surface area contributed by atoms with Crippen molar-refractivity contribution in [1.82, 2.24) is 4.90 Å². The van der Waals surface area contributed by atoms with Gasteiger partial charge in [-0.3, -0.25) is 4.79 Å². The number of aryl methyl sites for hydroxylation is 1. The van der Waals surface area contributed by atoms with Crippen molar-refractivity contribution in [3.8, 4) is 0 Å². The van der Waals surface area contributed by atoms with Gasteiger partial charge >= 0.3 is 0 Å². The number of hydrogen-bond acceptors (Lipinski definition) is 3. The number of carbonyl (C=O) groups excluding carboxylic acids is 1. The van der Waals surface area contributed by atoms with E-state index in [1.54, 1.807) is 12.0 Å². The molecule has 0 fully saturated rings. The topological polar surface area (TPSA) is 55.6 Å². The first-order valence-electron chi connectivity index (χ1n) is 5.74. The number of hydrogen-bond donors (Lipinski definition) is 1. The fourth-order valence-corrected chi connectivity index (χ4v) is 1.55. The maximum Gasteiger partial charge on any atom is 0.253 e. The summed E-state index contributed by atoms with van der Waals surface area (Å²) in [6.07, 6.45) is 0. The molecule has 0 saturated carbocycles. The lowest BCUT2D eigenvalue weighted by Crippen LogP contribution is -2.37. The molecule has 0 aliphatic rings. The molecule has 0 saturated heterocycles. The summed E-state index contributed by atoms with van der Waals surface area (Å²) in [5.74, 6) is 0.00694. The largest absolute Gasteiger partial charge is 0.383 e. The standard InChI is InChI=1S/C13H20N2O2/c1-11-3-5-12(6-4-11)13(16)15(8-7-14)9-10-17-2/h3-6H,7-10,14H2,1-2H3. The Labute approximate surface area is 102 Å². The van der Waals surface area contributed by atoms with Crippen LogP contribution in [0.1, 0.15) is 15.9 Å². The zero-order chi connectivity index (χ0) is 12.7. The summed E-state index contributed by atoms with van der Waals surface area (Å²) in [5, 5.41) is 0. The molecule has 17 heavy (non-hydrogen) atoms. The van der Waals surface area contributed by atoms with E-state index in [0.29, 0.717) is 31.8 Å². The number of methoxy groups -OCH3 is 1. The molecule has 0 radical (unpaired) electrons. The Bertz CT molecular complexity index is 349. The van der Waals surface area contributed by atoms with Crippen LogP contribution in [-0.4, -0.2) is 44.2 Å². The highest BCUT2D eigenvalue weighted by atomic mass is 16.5. The fourth-order valence-electron chi connectivity index (χ4n) is 1.55. The second-order valence-corrected chi connectivity index (χ2v) is 3.94. The Kier molecular flexibility index (Phi) is 5.66. The quantitative estimate of drug-likeness (QED) is 0.803. The molecule has 1 rings (SSSR count). The zero-order valence-corrected chi connectivity index (χ0v) is 10.5. The molecule has 1 aromatic rings. The van der Waals surface area contributed by atoms with Gasteiger partial charge in [-0.25, -0.2) is 0 Å². The van der Waals surface area contributed by atoms with E-state index in [1.807, 2.05) is 31.2 Å². The maximum atomic E-state index is 12.2. The molecule has 2 N–H and O–H groups in total. The summed E-state index contributed by atoms with van der Waals surface area (Å²) < 4.78 is 4.99. The van der Waals surface area contributed by atoms with E-state index in [9.17, 15) is 4.79 Å². The van der Waals surface area contributed by atoms with E-state index in [4.69, 9.17) is 10.5 Å². The molecule has 0 aliphatic heterocycles. The summed E-state index contributed by atoms with van der Waals surface area (Å²) in [6, 6.07) is 7.55. The Morgan fingerprint density at radius 2 is 1.94 bits per heavy atom. The Balaban J connectivity index is 2.72. The third kappa shape index (κ3) is 4.17. The predicted molar refractivity (Wildman–Crippen MR) is 68.0 cm³/mol. The monoisotopic (exact) mass is 236 g/mol. The second-order valence-electron chi connectivity index (χ2n) is 3.94. The van der Waals surface area contributed by atoms with Gasteiger partial charge in [0.2, 0.25) is 0 Å². The normalized spacial score (nSPS) is 10.3. The molecule has 0 spiro atoms. The van der Waals surface area contributed by atoms with Crippen LogP contribution < -0.4 is 5.73 Å². The summed E-state index contributed by atoms with van der Waals surface area (Å²) in [6.45, 7) is 4.10. The van der Waals surface area contributed by atoms with Gasteiger partial charge in [-0.15, -0.1) is 0 Å². The third-order valence-corrected chi connectivity index (χ3v) is 2.55. The Morgan fingerprint density at radius 3 is 2.47 bits per heavy atom. The molecule has 0 bridgehead atoms. The molecular weight excluding hydrogens is 216 g/mol. The van der Waals surface area contributed by atoms with Crippen LogP contribution in [-0.2, 0) is 4.74 Å². The average molecular weight is 236 g/mol. The molecule has 1 aromatic carbocycles. The lowest BCUT2D eigenvalue weighted by atomic mass is 10.1. The van der Waals surface area contributed by atoms with Crippen LogP contribution in [0.3, 0.4) is 0 Å². The fraction of sp³-hybridized carbons (Fsp3) is 0.462. The number of nitrogens with zero attached hydrogens (tertiary/aromatic N) is 1. The number of benzene rings is 1. The van der Waals surface area contributed by atoms with Crippen molar-refractivity contribution in [2.45, 2.75) is 6.92 Å². The van der Waals surface area contributed by atoms with Gasteiger partial charge in [0.25, 0.3) is 5.91 Å². The van der Waals surface area contributed by atoms with E-state index in [2.05, 4.69) is 0 Å². The zero-order valence-electron chi connectivity index (χ0n) is 10.5. The van der Waals surface area contributed by atoms with Crippen molar-refractivity contribution >= 4 is 5.91 Å². The SMILES string of the molecule is COCCN(CCN)C(=O)c1ccc(C)cc1. The Hall–Kier alpha value is -1.39. The predicted octanol–water partition coefficient (Wildman–Crippen LogP) is 1.04. The van der Waals surface area contributed by atoms with Crippen molar-refractivity contribution in [3.63, 3.8) is 0 Å². The van der Waals surface area contributed by atoms with E-state index in [-0.39, 0.29) is 5.91 Å². The van der Waals surface area contributed by atoms with Crippen molar-refractivity contribution in [1.29, 1.82) is 0 Å². The van der Waals surface area contributed by atoms with Gasteiger partial charge in [0.1, 0.15) is 0 Å². The molecule has 0 unspecified atom stereocenters. The third-order valence-electron chi connectivity index (χ3n) is 2.55. The molecule has 94 valence electrons. The Morgan fingerprint density at radius 1 is 1.29 bits per heavy atom. The van der Waals surface area contributed by atoms with E-state index >= 15 is 0 Å². The summed E-state index contributed by atoms with van der Waals surface area (Å²) in [5.41, 5.74) is 7.34. The summed E-state index contributed by atoms with van der Waals surface area (Å²) >= 11 is 0. The highest BCUT2D eigenvalue weighted by molar-refractivity contribution is 5.94. The number of carbonyl (C=O) groups is 1. The van der Waals surface area contributed by atoms with Gasteiger partial charge < -0.3 is 15.4 Å². The first kappa shape index (κ1) is 13.7. The van der Waals surface area contributed by atoms with Gasteiger partial charge in [-0.2, -0.15) is 0 Å².